The Hall–Kier alpha value is -2.89. The molecule has 0 unspecified atom stereocenters. The van der Waals surface area contributed by atoms with Crippen molar-refractivity contribution in [1.82, 2.24) is 0 Å². The zero-order valence-corrected chi connectivity index (χ0v) is 11.8. The summed E-state index contributed by atoms with van der Waals surface area (Å²) in [5, 5.41) is 0. The van der Waals surface area contributed by atoms with E-state index < -0.39 is 5.91 Å². The molecule has 0 aliphatic carbocycles. The topological polar surface area (TPSA) is 96.8 Å². The van der Waals surface area contributed by atoms with Crippen LogP contribution in [-0.2, 0) is 0 Å². The number of carbonyl (C=O) groups is 1. The van der Waals surface area contributed by atoms with E-state index in [9.17, 15) is 4.79 Å². The first kappa shape index (κ1) is 14.5. The molecule has 1 amide bonds. The molecule has 0 saturated carbocycles. The van der Waals surface area contributed by atoms with Gasteiger partial charge in [0.25, 0.3) is 5.91 Å². The van der Waals surface area contributed by atoms with Crippen LogP contribution in [0.5, 0.6) is 23.0 Å². The average Bonchev–Trinajstić information content (AvgIpc) is 2.46. The van der Waals surface area contributed by atoms with E-state index >= 15 is 0 Å². The number of nitrogen functional groups attached to an aromatic ring is 1. The van der Waals surface area contributed by atoms with Crippen molar-refractivity contribution in [3.05, 3.63) is 42.0 Å². The van der Waals surface area contributed by atoms with E-state index in [1.165, 1.54) is 26.4 Å². The Balaban J connectivity index is 2.42. The fourth-order valence-corrected chi connectivity index (χ4v) is 1.79. The highest BCUT2D eigenvalue weighted by atomic mass is 16.5. The Bertz CT molecular complexity index is 648. The van der Waals surface area contributed by atoms with Gasteiger partial charge in [-0.05, 0) is 12.1 Å². The Kier molecular flexibility index (Phi) is 4.18. The molecule has 2 aromatic carbocycles. The predicted molar refractivity (Wildman–Crippen MR) is 79.0 cm³/mol. The average molecular weight is 288 g/mol. The minimum atomic E-state index is -0.597. The Labute approximate surface area is 122 Å². The molecule has 0 fully saturated rings. The second-order valence-corrected chi connectivity index (χ2v) is 4.27. The van der Waals surface area contributed by atoms with Crippen LogP contribution in [0.1, 0.15) is 10.4 Å². The van der Waals surface area contributed by atoms with Gasteiger partial charge < -0.3 is 25.7 Å². The summed E-state index contributed by atoms with van der Waals surface area (Å²) in [6.07, 6.45) is 0. The highest BCUT2D eigenvalue weighted by molar-refractivity contribution is 5.96. The van der Waals surface area contributed by atoms with Crippen molar-refractivity contribution in [1.29, 1.82) is 0 Å². The van der Waals surface area contributed by atoms with E-state index in [2.05, 4.69) is 0 Å². The van der Waals surface area contributed by atoms with Gasteiger partial charge in [-0.1, -0.05) is 0 Å². The van der Waals surface area contributed by atoms with Crippen molar-refractivity contribution < 1.29 is 19.0 Å². The number of anilines is 1. The van der Waals surface area contributed by atoms with Crippen LogP contribution in [0.15, 0.2) is 36.4 Å². The molecule has 6 heteroatoms. The van der Waals surface area contributed by atoms with Crippen molar-refractivity contribution in [3.63, 3.8) is 0 Å². The van der Waals surface area contributed by atoms with Crippen molar-refractivity contribution >= 4 is 11.6 Å². The molecule has 0 radical (unpaired) electrons. The quantitative estimate of drug-likeness (QED) is 0.822. The molecule has 2 rings (SSSR count). The largest absolute Gasteiger partial charge is 0.496 e. The second-order valence-electron chi connectivity index (χ2n) is 4.27. The van der Waals surface area contributed by atoms with Crippen LogP contribution in [0.3, 0.4) is 0 Å². The number of ether oxygens (including phenoxy) is 3. The molecule has 4 N–H and O–H groups in total. The standard InChI is InChI=1S/C15H16N2O4/c1-19-10-6-11(20-2)8-12(7-10)21-14-5-9(16)3-4-13(14)15(17)18/h3-8H,16H2,1-2H3,(H2,17,18). The summed E-state index contributed by atoms with van der Waals surface area (Å²) in [5.74, 6) is 1.25. The number of benzene rings is 2. The van der Waals surface area contributed by atoms with Crippen LogP contribution in [0.4, 0.5) is 5.69 Å². The van der Waals surface area contributed by atoms with Crippen LogP contribution >= 0.6 is 0 Å². The summed E-state index contributed by atoms with van der Waals surface area (Å²) in [6.45, 7) is 0. The van der Waals surface area contributed by atoms with Crippen molar-refractivity contribution in [2.75, 3.05) is 20.0 Å². The summed E-state index contributed by atoms with van der Waals surface area (Å²) >= 11 is 0. The zero-order valence-electron chi connectivity index (χ0n) is 11.8. The maximum Gasteiger partial charge on any atom is 0.252 e. The molecule has 21 heavy (non-hydrogen) atoms. The van der Waals surface area contributed by atoms with Gasteiger partial charge in [-0.2, -0.15) is 0 Å². The number of methoxy groups -OCH3 is 2. The summed E-state index contributed by atoms with van der Waals surface area (Å²) in [4.78, 5) is 11.4. The molecule has 6 nitrogen and oxygen atoms in total. The van der Waals surface area contributed by atoms with Gasteiger partial charge in [-0.25, -0.2) is 0 Å². The number of carbonyl (C=O) groups excluding carboxylic acids is 1. The van der Waals surface area contributed by atoms with Gasteiger partial charge >= 0.3 is 0 Å². The van der Waals surface area contributed by atoms with Crippen LogP contribution in [-0.4, -0.2) is 20.1 Å². The van der Waals surface area contributed by atoms with Crippen molar-refractivity contribution in [3.8, 4) is 23.0 Å². The summed E-state index contributed by atoms with van der Waals surface area (Å²) in [5.41, 5.74) is 11.7. The van der Waals surface area contributed by atoms with Crippen LogP contribution in [0.25, 0.3) is 0 Å². The molecular weight excluding hydrogens is 272 g/mol. The van der Waals surface area contributed by atoms with E-state index in [1.807, 2.05) is 0 Å². The predicted octanol–water partition coefficient (Wildman–Crippen LogP) is 2.18. The van der Waals surface area contributed by atoms with Gasteiger partial charge in [0.2, 0.25) is 0 Å². The van der Waals surface area contributed by atoms with Crippen molar-refractivity contribution in [2.45, 2.75) is 0 Å². The third-order valence-electron chi connectivity index (χ3n) is 2.82. The highest BCUT2D eigenvalue weighted by Gasteiger charge is 2.12. The van der Waals surface area contributed by atoms with Gasteiger partial charge in [0.05, 0.1) is 19.8 Å². The number of amides is 1. The fraction of sp³-hybridized carbons (Fsp3) is 0.133. The van der Waals surface area contributed by atoms with E-state index in [1.54, 1.807) is 24.3 Å². The molecule has 0 aliphatic heterocycles. The minimum absolute atomic E-state index is 0.242. The lowest BCUT2D eigenvalue weighted by molar-refractivity contribution is 0.0998. The van der Waals surface area contributed by atoms with Gasteiger partial charge in [0.1, 0.15) is 23.0 Å². The molecule has 0 heterocycles. The molecule has 0 bridgehead atoms. The normalized spacial score (nSPS) is 10.0. The smallest absolute Gasteiger partial charge is 0.252 e. The maximum atomic E-state index is 11.4. The number of primary amides is 1. The van der Waals surface area contributed by atoms with E-state index in [-0.39, 0.29) is 11.3 Å². The maximum absolute atomic E-state index is 11.4. The SMILES string of the molecule is COc1cc(OC)cc(Oc2cc(N)ccc2C(N)=O)c1. The minimum Gasteiger partial charge on any atom is -0.496 e. The zero-order chi connectivity index (χ0) is 15.4. The molecular formula is C15H16N2O4. The van der Waals surface area contributed by atoms with Gasteiger partial charge in [0, 0.05) is 30.0 Å². The van der Waals surface area contributed by atoms with E-state index in [0.29, 0.717) is 22.9 Å². The molecule has 110 valence electrons. The summed E-state index contributed by atoms with van der Waals surface area (Å²) in [7, 11) is 3.07. The second kappa shape index (κ2) is 6.04. The number of rotatable bonds is 5. The molecule has 0 saturated heterocycles. The Morgan fingerprint density at radius 3 is 2.05 bits per heavy atom. The lowest BCUT2D eigenvalue weighted by atomic mass is 10.1. The molecule has 0 aliphatic rings. The van der Waals surface area contributed by atoms with E-state index in [4.69, 9.17) is 25.7 Å². The lowest BCUT2D eigenvalue weighted by Gasteiger charge is -2.12. The molecule has 0 aromatic heterocycles. The summed E-state index contributed by atoms with van der Waals surface area (Å²) in [6, 6.07) is 9.67. The lowest BCUT2D eigenvalue weighted by Crippen LogP contribution is -2.12. The third-order valence-corrected chi connectivity index (χ3v) is 2.82. The number of hydrogen-bond donors (Lipinski definition) is 2. The molecule has 2 aromatic rings. The Morgan fingerprint density at radius 2 is 1.52 bits per heavy atom. The van der Waals surface area contributed by atoms with Crippen LogP contribution in [0, 0.1) is 0 Å². The van der Waals surface area contributed by atoms with Gasteiger partial charge in [-0.3, -0.25) is 4.79 Å². The highest BCUT2D eigenvalue weighted by Crippen LogP contribution is 2.33. The Morgan fingerprint density at radius 1 is 0.952 bits per heavy atom. The van der Waals surface area contributed by atoms with Crippen LogP contribution in [0.2, 0.25) is 0 Å². The first-order valence-corrected chi connectivity index (χ1v) is 6.13. The van der Waals surface area contributed by atoms with Gasteiger partial charge in [0.15, 0.2) is 0 Å². The third kappa shape index (κ3) is 3.36. The van der Waals surface area contributed by atoms with E-state index in [0.717, 1.165) is 0 Å². The van der Waals surface area contributed by atoms with Crippen LogP contribution < -0.4 is 25.7 Å². The molecule has 0 atom stereocenters. The fourth-order valence-electron chi connectivity index (χ4n) is 1.79. The van der Waals surface area contributed by atoms with Crippen molar-refractivity contribution in [2.24, 2.45) is 5.73 Å². The number of hydrogen-bond acceptors (Lipinski definition) is 5. The van der Waals surface area contributed by atoms with Gasteiger partial charge in [-0.15, -0.1) is 0 Å². The first-order chi connectivity index (χ1) is 10.0. The summed E-state index contributed by atoms with van der Waals surface area (Å²) < 4.78 is 16.0. The first-order valence-electron chi connectivity index (χ1n) is 6.13. The molecule has 0 spiro atoms. The monoisotopic (exact) mass is 288 g/mol. The number of nitrogens with two attached hydrogens (primary N) is 2.